The van der Waals surface area contributed by atoms with Gasteiger partial charge in [0.1, 0.15) is 0 Å². The summed E-state index contributed by atoms with van der Waals surface area (Å²) in [5.74, 6) is 0.282. The van der Waals surface area contributed by atoms with Gasteiger partial charge in [-0.3, -0.25) is 0 Å². The van der Waals surface area contributed by atoms with Crippen molar-refractivity contribution in [2.45, 2.75) is 26.2 Å². The van der Waals surface area contributed by atoms with Gasteiger partial charge in [-0.25, -0.2) is 4.39 Å². The van der Waals surface area contributed by atoms with E-state index < -0.39 is 5.82 Å². The monoisotopic (exact) mass is 342 g/mol. The summed E-state index contributed by atoms with van der Waals surface area (Å²) in [7, 11) is 0. The van der Waals surface area contributed by atoms with E-state index >= 15 is 0 Å². The van der Waals surface area contributed by atoms with Crippen LogP contribution in [0.3, 0.4) is 0 Å². The van der Waals surface area contributed by atoms with Crippen molar-refractivity contribution in [3.63, 3.8) is 0 Å². The summed E-state index contributed by atoms with van der Waals surface area (Å²) in [6.07, 6.45) is 7.00. The van der Waals surface area contributed by atoms with E-state index in [-0.39, 0.29) is 10.8 Å². The Labute approximate surface area is 147 Å². The zero-order valence-corrected chi connectivity index (χ0v) is 14.4. The first kappa shape index (κ1) is 16.8. The van der Waals surface area contributed by atoms with Crippen LogP contribution in [0.5, 0.6) is 5.75 Å². The lowest BCUT2D eigenvalue weighted by Gasteiger charge is -2.18. The fourth-order valence-electron chi connectivity index (χ4n) is 3.03. The average molecular weight is 343 g/mol. The number of rotatable bonds is 4. The highest BCUT2D eigenvalue weighted by molar-refractivity contribution is 6.33. The summed E-state index contributed by atoms with van der Waals surface area (Å²) in [4.78, 5) is 0. The SMILES string of the molecule is C=COc1ccc(-c2ccc(C3=CCC(C)CC3)cc2)c(Cl)c1F. The van der Waals surface area contributed by atoms with E-state index in [4.69, 9.17) is 16.3 Å². The molecule has 1 unspecified atom stereocenters. The van der Waals surface area contributed by atoms with Crippen LogP contribution in [0.1, 0.15) is 31.7 Å². The van der Waals surface area contributed by atoms with Gasteiger partial charge >= 0.3 is 0 Å². The Kier molecular flexibility index (Phi) is 5.06. The van der Waals surface area contributed by atoms with Gasteiger partial charge in [0.05, 0.1) is 11.3 Å². The molecule has 3 rings (SSSR count). The van der Waals surface area contributed by atoms with Gasteiger partial charge in [-0.15, -0.1) is 0 Å². The van der Waals surface area contributed by atoms with Crippen LogP contribution in [-0.4, -0.2) is 0 Å². The number of allylic oxidation sites excluding steroid dienone is 2. The van der Waals surface area contributed by atoms with Crippen molar-refractivity contribution < 1.29 is 9.13 Å². The third-order valence-corrected chi connectivity index (χ3v) is 4.87. The van der Waals surface area contributed by atoms with Gasteiger partial charge in [-0.2, -0.15) is 0 Å². The lowest BCUT2D eigenvalue weighted by Crippen LogP contribution is -2.00. The first-order valence-corrected chi connectivity index (χ1v) is 8.53. The fraction of sp³-hybridized carbons (Fsp3) is 0.238. The second-order valence-electron chi connectivity index (χ2n) is 6.21. The largest absolute Gasteiger partial charge is 0.462 e. The van der Waals surface area contributed by atoms with Crippen LogP contribution in [0.4, 0.5) is 4.39 Å². The molecule has 0 saturated carbocycles. The Hall–Kier alpha value is -2.06. The highest BCUT2D eigenvalue weighted by Gasteiger charge is 2.15. The topological polar surface area (TPSA) is 9.23 Å². The first-order chi connectivity index (χ1) is 11.6. The maximum Gasteiger partial charge on any atom is 0.184 e. The molecule has 2 aromatic rings. The van der Waals surface area contributed by atoms with Crippen molar-refractivity contribution in [1.82, 2.24) is 0 Å². The smallest absolute Gasteiger partial charge is 0.184 e. The Morgan fingerprint density at radius 2 is 1.88 bits per heavy atom. The van der Waals surface area contributed by atoms with Crippen molar-refractivity contribution in [1.29, 1.82) is 0 Å². The maximum absolute atomic E-state index is 14.2. The van der Waals surface area contributed by atoms with Crippen LogP contribution < -0.4 is 4.74 Å². The van der Waals surface area contributed by atoms with Gasteiger partial charge in [-0.05, 0) is 54.0 Å². The number of hydrogen-bond donors (Lipinski definition) is 0. The van der Waals surface area contributed by atoms with Crippen LogP contribution in [0.15, 0.2) is 55.3 Å². The lowest BCUT2D eigenvalue weighted by molar-refractivity contribution is 0.443. The molecule has 0 heterocycles. The summed E-state index contributed by atoms with van der Waals surface area (Å²) in [6, 6.07) is 11.5. The van der Waals surface area contributed by atoms with Crippen LogP contribution in [-0.2, 0) is 0 Å². The van der Waals surface area contributed by atoms with E-state index in [0.717, 1.165) is 24.3 Å². The van der Waals surface area contributed by atoms with Gasteiger partial charge in [0.15, 0.2) is 11.6 Å². The number of hydrogen-bond acceptors (Lipinski definition) is 1. The molecule has 0 N–H and O–H groups in total. The molecule has 1 aliphatic rings. The van der Waals surface area contributed by atoms with Crippen LogP contribution in [0.25, 0.3) is 16.7 Å². The molecule has 0 radical (unpaired) electrons. The van der Waals surface area contributed by atoms with Crippen molar-refractivity contribution in [2.75, 3.05) is 0 Å². The third kappa shape index (κ3) is 3.39. The molecule has 0 fully saturated rings. The van der Waals surface area contributed by atoms with E-state index in [1.807, 2.05) is 12.1 Å². The average Bonchev–Trinajstić information content (AvgIpc) is 2.60. The first-order valence-electron chi connectivity index (χ1n) is 8.15. The molecular formula is C21H20ClFO. The molecule has 1 nitrogen and oxygen atoms in total. The third-order valence-electron chi connectivity index (χ3n) is 4.50. The molecule has 0 bridgehead atoms. The lowest BCUT2D eigenvalue weighted by atomic mass is 9.87. The molecule has 124 valence electrons. The fourth-order valence-corrected chi connectivity index (χ4v) is 3.29. The predicted octanol–water partition coefficient (Wildman–Crippen LogP) is 6.87. The minimum atomic E-state index is -0.567. The number of benzene rings is 2. The Balaban J connectivity index is 1.89. The highest BCUT2D eigenvalue weighted by Crippen LogP contribution is 2.36. The second kappa shape index (κ2) is 7.23. The molecule has 3 heteroatoms. The van der Waals surface area contributed by atoms with Crippen LogP contribution in [0.2, 0.25) is 5.02 Å². The van der Waals surface area contributed by atoms with Crippen LogP contribution >= 0.6 is 11.6 Å². The molecule has 2 aromatic carbocycles. The van der Waals surface area contributed by atoms with Gasteiger partial charge in [-0.1, -0.05) is 55.4 Å². The summed E-state index contributed by atoms with van der Waals surface area (Å²) in [5.41, 5.74) is 4.17. The molecule has 0 aliphatic heterocycles. The Morgan fingerprint density at radius 1 is 1.17 bits per heavy atom. The minimum absolute atomic E-state index is 0.0628. The van der Waals surface area contributed by atoms with Crippen molar-refractivity contribution in [3.05, 3.63) is 71.7 Å². The molecule has 1 atom stereocenters. The van der Waals surface area contributed by atoms with Crippen molar-refractivity contribution in [3.8, 4) is 16.9 Å². The van der Waals surface area contributed by atoms with Gasteiger partial charge in [0.25, 0.3) is 0 Å². The molecule has 0 saturated heterocycles. The van der Waals surface area contributed by atoms with Crippen molar-refractivity contribution >= 4 is 17.2 Å². The maximum atomic E-state index is 14.2. The molecule has 1 aliphatic carbocycles. The standard InChI is InChI=1S/C21H20ClFO/c1-3-24-19-13-12-18(20(22)21(19)23)17-10-8-16(9-11-17)15-6-4-14(2)5-7-15/h3,6,8-14H,1,4-5,7H2,2H3. The normalized spacial score (nSPS) is 17.3. The van der Waals surface area contributed by atoms with Crippen LogP contribution in [0, 0.1) is 11.7 Å². The quantitative estimate of drug-likeness (QED) is 0.551. The molecular weight excluding hydrogens is 323 g/mol. The Bertz CT molecular complexity index is 777. The summed E-state index contributed by atoms with van der Waals surface area (Å²) in [5, 5.41) is 0.0628. The number of ether oxygens (including phenoxy) is 1. The summed E-state index contributed by atoms with van der Waals surface area (Å²) >= 11 is 6.17. The molecule has 24 heavy (non-hydrogen) atoms. The van der Waals surface area contributed by atoms with E-state index in [0.29, 0.717) is 5.56 Å². The predicted molar refractivity (Wildman–Crippen MR) is 98.7 cm³/mol. The van der Waals surface area contributed by atoms with Gasteiger partial charge in [0, 0.05) is 5.56 Å². The Morgan fingerprint density at radius 3 is 2.50 bits per heavy atom. The summed E-state index contributed by atoms with van der Waals surface area (Å²) in [6.45, 7) is 5.71. The molecule has 0 spiro atoms. The molecule has 0 amide bonds. The summed E-state index contributed by atoms with van der Waals surface area (Å²) < 4.78 is 19.2. The zero-order valence-electron chi connectivity index (χ0n) is 13.7. The minimum Gasteiger partial charge on any atom is -0.462 e. The highest BCUT2D eigenvalue weighted by atomic mass is 35.5. The van der Waals surface area contributed by atoms with E-state index in [1.165, 1.54) is 23.8 Å². The van der Waals surface area contributed by atoms with Gasteiger partial charge < -0.3 is 4.74 Å². The zero-order chi connectivity index (χ0) is 17.1. The van der Waals surface area contributed by atoms with E-state index in [2.05, 4.69) is 31.7 Å². The second-order valence-corrected chi connectivity index (χ2v) is 6.59. The van der Waals surface area contributed by atoms with Gasteiger partial charge in [0.2, 0.25) is 0 Å². The number of halogens is 2. The molecule has 0 aromatic heterocycles. The van der Waals surface area contributed by atoms with E-state index in [1.54, 1.807) is 12.1 Å². The van der Waals surface area contributed by atoms with E-state index in [9.17, 15) is 4.39 Å². The van der Waals surface area contributed by atoms with Crippen molar-refractivity contribution in [2.24, 2.45) is 5.92 Å².